The minimum absolute atomic E-state index is 0.0308. The molecule has 1 N–H and O–H groups in total. The van der Waals surface area contributed by atoms with Crippen molar-refractivity contribution >= 4 is 23.1 Å². The normalized spacial score (nSPS) is 16.4. The number of hydrogen-bond donors (Lipinski definition) is 1. The Balaban J connectivity index is 1.40. The first-order valence-electron chi connectivity index (χ1n) is 12.0. The molecule has 1 aliphatic heterocycles. The number of halogens is 1. The molecule has 186 valence electrons. The molecule has 8 nitrogen and oxygen atoms in total. The predicted octanol–water partition coefficient (Wildman–Crippen LogP) is 5.00. The van der Waals surface area contributed by atoms with Crippen molar-refractivity contribution in [2.24, 2.45) is 0 Å². The quantitative estimate of drug-likeness (QED) is 0.358. The van der Waals surface area contributed by atoms with Gasteiger partial charge >= 0.3 is 6.03 Å². The van der Waals surface area contributed by atoms with Gasteiger partial charge in [0.2, 0.25) is 0 Å². The molecule has 0 unspecified atom stereocenters. The van der Waals surface area contributed by atoms with Gasteiger partial charge in [-0.2, -0.15) is 16.9 Å². The minimum atomic E-state index is -0.741. The summed E-state index contributed by atoms with van der Waals surface area (Å²) >= 11 is 1.64. The van der Waals surface area contributed by atoms with Crippen LogP contribution in [0, 0.1) is 0 Å². The van der Waals surface area contributed by atoms with E-state index in [4.69, 9.17) is 0 Å². The third-order valence-corrected chi connectivity index (χ3v) is 7.54. The zero-order valence-electron chi connectivity index (χ0n) is 19.9. The fourth-order valence-corrected chi connectivity index (χ4v) is 5.69. The summed E-state index contributed by atoms with van der Waals surface area (Å²) in [5.41, 5.74) is 4.27. The van der Waals surface area contributed by atoms with Crippen molar-refractivity contribution in [2.45, 2.75) is 37.9 Å². The molecule has 2 amide bonds. The highest BCUT2D eigenvalue weighted by Crippen LogP contribution is 2.34. The molecule has 2 atom stereocenters. The van der Waals surface area contributed by atoms with Gasteiger partial charge in [-0.05, 0) is 70.3 Å². The number of hydrogen-bond acceptors (Lipinski definition) is 6. The number of thiophene rings is 1. The average Bonchev–Trinajstić information content (AvgIpc) is 3.64. The number of benzene rings is 2. The standard InChI is InChI=1S/C26H28FN7OS/c1-19(20-8-4-2-5-9-20)34-25(29-30-31-34)24(21-14-17-36-18-21)32-15-12-23(13-16-32)33(26(35)28-27)22-10-6-3-7-11-22/h2-11,14,17-19,23-24H,12-13,15-16H2,1H3,(H,28,35)/t19-,24+/m0/s1. The van der Waals surface area contributed by atoms with Gasteiger partial charge in [0.25, 0.3) is 0 Å². The van der Waals surface area contributed by atoms with Crippen LogP contribution in [-0.2, 0) is 0 Å². The molecule has 1 saturated heterocycles. The van der Waals surface area contributed by atoms with Gasteiger partial charge in [0.05, 0.1) is 12.1 Å². The van der Waals surface area contributed by atoms with E-state index in [1.807, 2.05) is 53.2 Å². The molecule has 3 heterocycles. The van der Waals surface area contributed by atoms with Crippen LogP contribution in [0.1, 0.15) is 48.8 Å². The Bertz CT molecular complexity index is 1240. The first-order chi connectivity index (χ1) is 17.7. The number of rotatable bonds is 7. The van der Waals surface area contributed by atoms with Gasteiger partial charge in [-0.25, -0.2) is 9.48 Å². The largest absolute Gasteiger partial charge is 0.350 e. The number of tetrazole rings is 1. The first kappa shape index (κ1) is 24.1. The number of piperidine rings is 1. The van der Waals surface area contributed by atoms with Crippen molar-refractivity contribution in [3.8, 4) is 0 Å². The van der Waals surface area contributed by atoms with Crippen LogP contribution < -0.4 is 10.4 Å². The molecule has 0 aliphatic carbocycles. The molecule has 0 saturated carbocycles. The van der Waals surface area contributed by atoms with Crippen LogP contribution in [0.5, 0.6) is 0 Å². The summed E-state index contributed by atoms with van der Waals surface area (Å²) in [5.74, 6) is 0.782. The van der Waals surface area contributed by atoms with Crippen molar-refractivity contribution in [2.75, 3.05) is 18.0 Å². The van der Waals surface area contributed by atoms with Crippen molar-refractivity contribution in [3.63, 3.8) is 0 Å². The maximum Gasteiger partial charge on any atom is 0.350 e. The van der Waals surface area contributed by atoms with Crippen molar-refractivity contribution in [1.82, 2.24) is 30.6 Å². The lowest BCUT2D eigenvalue weighted by molar-refractivity contribution is 0.160. The number of carbonyl (C=O) groups excluding carboxylic acids is 1. The molecule has 0 radical (unpaired) electrons. The number of nitrogens with zero attached hydrogens (tertiary/aromatic N) is 6. The van der Waals surface area contributed by atoms with Crippen LogP contribution in [0.25, 0.3) is 0 Å². The van der Waals surface area contributed by atoms with Crippen LogP contribution in [0.15, 0.2) is 77.5 Å². The van der Waals surface area contributed by atoms with Gasteiger partial charge in [0.15, 0.2) is 5.82 Å². The van der Waals surface area contributed by atoms with Crippen LogP contribution >= 0.6 is 11.3 Å². The van der Waals surface area contributed by atoms with Crippen molar-refractivity contribution < 1.29 is 9.28 Å². The number of urea groups is 1. The number of amides is 2. The summed E-state index contributed by atoms with van der Waals surface area (Å²) < 4.78 is 15.1. The van der Waals surface area contributed by atoms with Gasteiger partial charge in [-0.3, -0.25) is 9.80 Å². The number of carbonyl (C=O) groups is 1. The molecule has 5 rings (SSSR count). The zero-order chi connectivity index (χ0) is 24.9. The number of nitrogens with one attached hydrogen (secondary N) is 1. The molecule has 0 bridgehead atoms. The maximum atomic E-state index is 13.2. The lowest BCUT2D eigenvalue weighted by atomic mass is 9.98. The van der Waals surface area contributed by atoms with E-state index < -0.39 is 6.03 Å². The Labute approximate surface area is 213 Å². The average molecular weight is 506 g/mol. The van der Waals surface area contributed by atoms with Gasteiger partial charge in [-0.15, -0.1) is 5.10 Å². The topological polar surface area (TPSA) is 79.2 Å². The van der Waals surface area contributed by atoms with Crippen LogP contribution in [-0.4, -0.2) is 50.3 Å². The zero-order valence-corrected chi connectivity index (χ0v) is 20.8. The fraction of sp³-hybridized carbons (Fsp3) is 0.308. The van der Waals surface area contributed by atoms with E-state index in [1.54, 1.807) is 11.3 Å². The molecule has 0 spiro atoms. The van der Waals surface area contributed by atoms with E-state index in [0.29, 0.717) is 31.6 Å². The van der Waals surface area contributed by atoms with Crippen LogP contribution in [0.2, 0.25) is 0 Å². The molecule has 1 aliphatic rings. The van der Waals surface area contributed by atoms with Crippen molar-refractivity contribution in [1.29, 1.82) is 0 Å². The summed E-state index contributed by atoms with van der Waals surface area (Å²) in [4.78, 5) is 16.3. The molecular formula is C26H28FN7OS. The van der Waals surface area contributed by atoms with Crippen molar-refractivity contribution in [3.05, 3.63) is 94.4 Å². The second-order valence-electron chi connectivity index (χ2n) is 8.90. The van der Waals surface area contributed by atoms with E-state index in [-0.39, 0.29) is 18.1 Å². The van der Waals surface area contributed by atoms with Crippen LogP contribution in [0.4, 0.5) is 15.0 Å². The second-order valence-corrected chi connectivity index (χ2v) is 9.68. The predicted molar refractivity (Wildman–Crippen MR) is 137 cm³/mol. The summed E-state index contributed by atoms with van der Waals surface area (Å²) in [7, 11) is 0. The number of aromatic nitrogens is 4. The van der Waals surface area contributed by atoms with E-state index in [2.05, 4.69) is 56.3 Å². The van der Waals surface area contributed by atoms with E-state index in [0.717, 1.165) is 17.0 Å². The Kier molecular flexibility index (Phi) is 7.33. The minimum Gasteiger partial charge on any atom is -0.290 e. The monoisotopic (exact) mass is 505 g/mol. The third kappa shape index (κ3) is 4.87. The molecule has 2 aromatic heterocycles. The van der Waals surface area contributed by atoms with Gasteiger partial charge < -0.3 is 0 Å². The third-order valence-electron chi connectivity index (χ3n) is 6.83. The molecule has 1 fully saturated rings. The summed E-state index contributed by atoms with van der Waals surface area (Å²) in [6, 6.07) is 20.5. The Hall–Kier alpha value is -3.63. The second kappa shape index (κ2) is 11.0. The van der Waals surface area contributed by atoms with Gasteiger partial charge in [0.1, 0.15) is 0 Å². The SMILES string of the molecule is C[C@@H](c1ccccc1)n1nnnc1[C@@H](c1ccsc1)N1CCC(N(C(=O)NF)c2ccccc2)CC1. The Morgan fingerprint density at radius 1 is 1.06 bits per heavy atom. The highest BCUT2D eigenvalue weighted by Gasteiger charge is 2.35. The Morgan fingerprint density at radius 2 is 1.75 bits per heavy atom. The van der Waals surface area contributed by atoms with Crippen LogP contribution in [0.3, 0.4) is 0 Å². The molecular weight excluding hydrogens is 477 g/mol. The van der Waals surface area contributed by atoms with E-state index >= 15 is 0 Å². The number of likely N-dealkylation sites (tertiary alicyclic amines) is 1. The molecule has 4 aromatic rings. The molecule has 2 aromatic carbocycles. The Morgan fingerprint density at radius 3 is 2.39 bits per heavy atom. The lowest BCUT2D eigenvalue weighted by Crippen LogP contribution is -2.50. The smallest absolute Gasteiger partial charge is 0.290 e. The summed E-state index contributed by atoms with van der Waals surface area (Å²) in [6.45, 7) is 3.51. The number of para-hydroxylation sites is 1. The van der Waals surface area contributed by atoms with Gasteiger partial charge in [-0.1, -0.05) is 53.0 Å². The number of anilines is 1. The van der Waals surface area contributed by atoms with E-state index in [1.165, 1.54) is 10.4 Å². The lowest BCUT2D eigenvalue weighted by Gasteiger charge is -2.40. The van der Waals surface area contributed by atoms with Gasteiger partial charge in [0, 0.05) is 24.8 Å². The fourth-order valence-electron chi connectivity index (χ4n) is 5.01. The highest BCUT2D eigenvalue weighted by molar-refractivity contribution is 7.08. The molecule has 10 heteroatoms. The summed E-state index contributed by atoms with van der Waals surface area (Å²) in [5, 5.41) is 17.1. The molecule has 36 heavy (non-hydrogen) atoms. The van der Waals surface area contributed by atoms with E-state index in [9.17, 15) is 9.28 Å². The maximum absolute atomic E-state index is 13.2. The summed E-state index contributed by atoms with van der Waals surface area (Å²) in [6.07, 6.45) is 1.39. The first-order valence-corrected chi connectivity index (χ1v) is 13.0. The highest BCUT2D eigenvalue weighted by atomic mass is 32.1.